The van der Waals surface area contributed by atoms with Gasteiger partial charge in [-0.15, -0.1) is 0 Å². The van der Waals surface area contributed by atoms with E-state index in [2.05, 4.69) is 27.1 Å². The SMILES string of the molecule is Cc1noc(C)c1-c1cnc2c(-c3cnn(C)c3C)cn(CC3CCC(F)(F)CC3)c2c1. The summed E-state index contributed by atoms with van der Waals surface area (Å²) < 4.78 is 36.8. The second-order valence-corrected chi connectivity index (χ2v) is 9.05. The fraction of sp³-hybridized carbons (Fsp3) is 0.458. The van der Waals surface area contributed by atoms with Crippen molar-refractivity contribution in [1.82, 2.24) is 24.5 Å². The van der Waals surface area contributed by atoms with Gasteiger partial charge < -0.3 is 9.09 Å². The Balaban J connectivity index is 1.62. The molecule has 0 spiro atoms. The predicted octanol–water partition coefficient (Wildman–Crippen LogP) is 5.84. The molecular formula is C24H27F2N5O. The molecule has 0 aromatic carbocycles. The first-order valence-electron chi connectivity index (χ1n) is 11.0. The molecule has 0 N–H and O–H groups in total. The quantitative estimate of drug-likeness (QED) is 0.401. The Bertz CT molecular complexity index is 1270. The first-order valence-corrected chi connectivity index (χ1v) is 11.0. The van der Waals surface area contributed by atoms with Crippen molar-refractivity contribution in [1.29, 1.82) is 0 Å². The fourth-order valence-corrected chi connectivity index (χ4v) is 4.87. The molecule has 0 amide bonds. The number of aromatic nitrogens is 5. The lowest BCUT2D eigenvalue weighted by atomic mass is 9.87. The topological polar surface area (TPSA) is 61.7 Å². The third-order valence-corrected chi connectivity index (χ3v) is 6.86. The van der Waals surface area contributed by atoms with Crippen molar-refractivity contribution in [3.8, 4) is 22.3 Å². The molecule has 1 saturated carbocycles. The lowest BCUT2D eigenvalue weighted by Gasteiger charge is -2.28. The van der Waals surface area contributed by atoms with Gasteiger partial charge in [0, 0.05) is 66.8 Å². The van der Waals surface area contributed by atoms with E-state index in [0.29, 0.717) is 19.4 Å². The number of pyridine rings is 1. The summed E-state index contributed by atoms with van der Waals surface area (Å²) in [5.74, 6) is -1.55. The van der Waals surface area contributed by atoms with Crippen LogP contribution in [-0.2, 0) is 13.6 Å². The van der Waals surface area contributed by atoms with E-state index in [-0.39, 0.29) is 18.8 Å². The van der Waals surface area contributed by atoms with Gasteiger partial charge in [-0.05, 0) is 45.6 Å². The van der Waals surface area contributed by atoms with E-state index in [1.165, 1.54) is 0 Å². The molecule has 0 saturated heterocycles. The Morgan fingerprint density at radius 1 is 1.12 bits per heavy atom. The summed E-state index contributed by atoms with van der Waals surface area (Å²) in [6.07, 6.45) is 6.82. The number of hydrogen-bond donors (Lipinski definition) is 0. The first-order chi connectivity index (χ1) is 15.2. The maximum atomic E-state index is 13.7. The van der Waals surface area contributed by atoms with Crippen molar-refractivity contribution in [3.05, 3.63) is 41.8 Å². The number of alkyl halides is 2. The van der Waals surface area contributed by atoms with Crippen molar-refractivity contribution in [2.75, 3.05) is 0 Å². The summed E-state index contributed by atoms with van der Waals surface area (Å²) in [6, 6.07) is 2.11. The zero-order valence-corrected chi connectivity index (χ0v) is 18.8. The third-order valence-electron chi connectivity index (χ3n) is 6.86. The van der Waals surface area contributed by atoms with Crippen molar-refractivity contribution >= 4 is 11.0 Å². The van der Waals surface area contributed by atoms with Gasteiger partial charge in [0.2, 0.25) is 5.92 Å². The van der Waals surface area contributed by atoms with Crippen LogP contribution < -0.4 is 0 Å². The van der Waals surface area contributed by atoms with E-state index < -0.39 is 5.92 Å². The highest BCUT2D eigenvalue weighted by Gasteiger charge is 2.35. The predicted molar refractivity (Wildman–Crippen MR) is 119 cm³/mol. The van der Waals surface area contributed by atoms with Gasteiger partial charge >= 0.3 is 0 Å². The average Bonchev–Trinajstić information content (AvgIpc) is 3.39. The summed E-state index contributed by atoms with van der Waals surface area (Å²) >= 11 is 0. The summed E-state index contributed by atoms with van der Waals surface area (Å²) in [7, 11) is 1.92. The van der Waals surface area contributed by atoms with Crippen LogP contribution in [0.15, 0.2) is 29.2 Å². The van der Waals surface area contributed by atoms with Gasteiger partial charge in [0.25, 0.3) is 0 Å². The van der Waals surface area contributed by atoms with Gasteiger partial charge in [-0.25, -0.2) is 8.78 Å². The molecule has 4 heterocycles. The molecule has 4 aromatic heterocycles. The Hall–Kier alpha value is -3.03. The molecule has 8 heteroatoms. The lowest BCUT2D eigenvalue weighted by molar-refractivity contribution is -0.0472. The molecule has 5 rings (SSSR count). The van der Waals surface area contributed by atoms with E-state index in [9.17, 15) is 8.78 Å². The summed E-state index contributed by atoms with van der Waals surface area (Å²) in [5, 5.41) is 8.48. The maximum Gasteiger partial charge on any atom is 0.248 e. The minimum Gasteiger partial charge on any atom is -0.361 e. The number of fused-ring (bicyclic) bond motifs is 1. The van der Waals surface area contributed by atoms with Gasteiger partial charge in [0.05, 0.1) is 22.9 Å². The highest BCUT2D eigenvalue weighted by molar-refractivity contribution is 5.95. The molecule has 1 fully saturated rings. The standard InChI is InChI=1S/C24H27F2N5O/c1-14-22(16(3)32-29-14)18-9-21-23(27-10-18)20(19-11-28-30(4)15(19)2)13-31(21)12-17-5-7-24(25,26)8-6-17/h9-11,13,17H,5-8,12H2,1-4H3. The van der Waals surface area contributed by atoms with Crippen LogP contribution in [0, 0.1) is 26.7 Å². The van der Waals surface area contributed by atoms with Gasteiger partial charge in [-0.2, -0.15) is 5.10 Å². The van der Waals surface area contributed by atoms with E-state index in [0.717, 1.165) is 50.4 Å². The Kier molecular flexibility index (Phi) is 4.91. The summed E-state index contributed by atoms with van der Waals surface area (Å²) in [4.78, 5) is 4.84. The van der Waals surface area contributed by atoms with E-state index >= 15 is 0 Å². The van der Waals surface area contributed by atoms with Crippen LogP contribution in [0.1, 0.15) is 42.8 Å². The Morgan fingerprint density at radius 2 is 1.88 bits per heavy atom. The smallest absolute Gasteiger partial charge is 0.248 e. The fourth-order valence-electron chi connectivity index (χ4n) is 4.87. The molecule has 0 aliphatic heterocycles. The second-order valence-electron chi connectivity index (χ2n) is 9.05. The number of aryl methyl sites for hydroxylation is 3. The van der Waals surface area contributed by atoms with Crippen LogP contribution in [0.25, 0.3) is 33.3 Å². The molecular weight excluding hydrogens is 412 g/mol. The molecule has 0 bridgehead atoms. The highest BCUT2D eigenvalue weighted by atomic mass is 19.3. The molecule has 0 radical (unpaired) electrons. The number of nitrogens with zero attached hydrogens (tertiary/aromatic N) is 5. The van der Waals surface area contributed by atoms with Crippen LogP contribution in [0.4, 0.5) is 8.78 Å². The molecule has 0 atom stereocenters. The molecule has 32 heavy (non-hydrogen) atoms. The molecule has 1 aliphatic rings. The van der Waals surface area contributed by atoms with Crippen LogP contribution in [0.3, 0.4) is 0 Å². The zero-order valence-electron chi connectivity index (χ0n) is 18.8. The van der Waals surface area contributed by atoms with Gasteiger partial charge in [0.15, 0.2) is 0 Å². The molecule has 168 valence electrons. The van der Waals surface area contributed by atoms with E-state index in [4.69, 9.17) is 9.51 Å². The minimum atomic E-state index is -2.52. The van der Waals surface area contributed by atoms with Crippen molar-refractivity contribution in [2.45, 2.75) is 58.9 Å². The molecule has 4 aromatic rings. The zero-order chi connectivity index (χ0) is 22.6. The summed E-state index contributed by atoms with van der Waals surface area (Å²) in [5.41, 5.74) is 7.68. The normalized spacial score (nSPS) is 16.8. The van der Waals surface area contributed by atoms with E-state index in [1.807, 2.05) is 44.9 Å². The molecule has 1 aliphatic carbocycles. The third kappa shape index (κ3) is 3.51. The average molecular weight is 440 g/mol. The van der Waals surface area contributed by atoms with Crippen molar-refractivity contribution in [3.63, 3.8) is 0 Å². The van der Waals surface area contributed by atoms with Crippen molar-refractivity contribution < 1.29 is 13.3 Å². The van der Waals surface area contributed by atoms with E-state index in [1.54, 1.807) is 0 Å². The monoisotopic (exact) mass is 439 g/mol. The van der Waals surface area contributed by atoms with Crippen LogP contribution in [-0.4, -0.2) is 30.4 Å². The largest absolute Gasteiger partial charge is 0.361 e. The summed E-state index contributed by atoms with van der Waals surface area (Å²) in [6.45, 7) is 6.54. The van der Waals surface area contributed by atoms with Gasteiger partial charge in [0.1, 0.15) is 5.76 Å². The minimum absolute atomic E-state index is 0.0337. The Morgan fingerprint density at radius 3 is 2.50 bits per heavy atom. The maximum absolute atomic E-state index is 13.7. The number of hydrogen-bond acceptors (Lipinski definition) is 4. The lowest BCUT2D eigenvalue weighted by Crippen LogP contribution is -2.26. The van der Waals surface area contributed by atoms with Crippen molar-refractivity contribution in [2.24, 2.45) is 13.0 Å². The van der Waals surface area contributed by atoms with Crippen LogP contribution in [0.5, 0.6) is 0 Å². The van der Waals surface area contributed by atoms with Gasteiger partial charge in [-0.1, -0.05) is 5.16 Å². The number of rotatable bonds is 4. The number of halogens is 2. The van der Waals surface area contributed by atoms with Crippen LogP contribution in [0.2, 0.25) is 0 Å². The highest BCUT2D eigenvalue weighted by Crippen LogP contribution is 2.39. The second kappa shape index (κ2) is 7.53. The Labute approximate surface area is 185 Å². The molecule has 0 unspecified atom stereocenters. The van der Waals surface area contributed by atoms with Gasteiger partial charge in [-0.3, -0.25) is 9.67 Å². The van der Waals surface area contributed by atoms with Crippen LogP contribution >= 0.6 is 0 Å². The molecule has 6 nitrogen and oxygen atoms in total. The first kappa shape index (κ1) is 20.8.